The van der Waals surface area contributed by atoms with Crippen LogP contribution in [0.1, 0.15) is 33.6 Å². The fourth-order valence-corrected chi connectivity index (χ4v) is 3.16. The van der Waals surface area contributed by atoms with E-state index in [9.17, 15) is 0 Å². The Kier molecular flexibility index (Phi) is 5.86. The molecule has 0 amide bonds. The Bertz CT molecular complexity index is 225. The van der Waals surface area contributed by atoms with E-state index < -0.39 is 0 Å². The van der Waals surface area contributed by atoms with Crippen LogP contribution in [-0.2, 0) is 9.47 Å². The zero-order valence-corrected chi connectivity index (χ0v) is 11.7. The Morgan fingerprint density at radius 2 is 2.29 bits per heavy atom. The van der Waals surface area contributed by atoms with Crippen molar-refractivity contribution in [2.45, 2.75) is 51.3 Å². The number of hydrogen-bond acceptors (Lipinski definition) is 4. The lowest BCUT2D eigenvalue weighted by atomic mass is 9.84. The molecule has 102 valence electrons. The number of methoxy groups -OCH3 is 1. The molecule has 1 aliphatic heterocycles. The second kappa shape index (κ2) is 6.69. The molecule has 0 saturated carbocycles. The molecule has 1 heterocycles. The Morgan fingerprint density at radius 1 is 1.59 bits per heavy atom. The van der Waals surface area contributed by atoms with Gasteiger partial charge in [0, 0.05) is 31.8 Å². The standard InChI is InChI=1S/C13H28N2O2/c1-5-15(11(2)9-16-4)13(10-14)6-7-17-12(3)8-13/h11-12H,5-10,14H2,1-4H3. The number of nitrogens with two attached hydrogens (primary N) is 1. The Hall–Kier alpha value is -0.160. The maximum Gasteiger partial charge on any atom is 0.0615 e. The van der Waals surface area contributed by atoms with E-state index in [2.05, 4.69) is 25.7 Å². The molecule has 0 spiro atoms. The van der Waals surface area contributed by atoms with Gasteiger partial charge in [-0.1, -0.05) is 6.92 Å². The minimum atomic E-state index is 0.0877. The Morgan fingerprint density at radius 3 is 2.76 bits per heavy atom. The van der Waals surface area contributed by atoms with Gasteiger partial charge in [-0.2, -0.15) is 0 Å². The van der Waals surface area contributed by atoms with Gasteiger partial charge in [-0.05, 0) is 33.2 Å². The molecule has 0 aliphatic carbocycles. The molecule has 2 N–H and O–H groups in total. The molecule has 4 heteroatoms. The van der Waals surface area contributed by atoms with Gasteiger partial charge in [0.1, 0.15) is 0 Å². The van der Waals surface area contributed by atoms with E-state index in [1.54, 1.807) is 7.11 Å². The summed E-state index contributed by atoms with van der Waals surface area (Å²) in [6.07, 6.45) is 2.34. The quantitative estimate of drug-likeness (QED) is 0.763. The lowest BCUT2D eigenvalue weighted by molar-refractivity contribution is -0.0813. The van der Waals surface area contributed by atoms with Crippen LogP contribution >= 0.6 is 0 Å². The second-order valence-electron chi connectivity index (χ2n) is 5.15. The van der Waals surface area contributed by atoms with Crippen molar-refractivity contribution in [3.05, 3.63) is 0 Å². The molecule has 0 radical (unpaired) electrons. The molecule has 1 saturated heterocycles. The third-order valence-electron chi connectivity index (χ3n) is 3.91. The van der Waals surface area contributed by atoms with Crippen LogP contribution in [0, 0.1) is 0 Å². The van der Waals surface area contributed by atoms with Crippen LogP contribution in [0.15, 0.2) is 0 Å². The fourth-order valence-electron chi connectivity index (χ4n) is 3.16. The summed E-state index contributed by atoms with van der Waals surface area (Å²) in [4.78, 5) is 2.50. The largest absolute Gasteiger partial charge is 0.383 e. The van der Waals surface area contributed by atoms with Crippen molar-refractivity contribution in [3.8, 4) is 0 Å². The van der Waals surface area contributed by atoms with E-state index in [0.717, 1.165) is 32.6 Å². The van der Waals surface area contributed by atoms with Gasteiger partial charge < -0.3 is 15.2 Å². The van der Waals surface area contributed by atoms with Crippen molar-refractivity contribution in [1.82, 2.24) is 4.90 Å². The van der Waals surface area contributed by atoms with E-state index in [1.165, 1.54) is 0 Å². The van der Waals surface area contributed by atoms with Gasteiger partial charge in [0.05, 0.1) is 12.7 Å². The van der Waals surface area contributed by atoms with Gasteiger partial charge >= 0.3 is 0 Å². The van der Waals surface area contributed by atoms with E-state index >= 15 is 0 Å². The van der Waals surface area contributed by atoms with Gasteiger partial charge in [-0.3, -0.25) is 4.90 Å². The molecule has 3 atom stereocenters. The molecule has 4 nitrogen and oxygen atoms in total. The molecule has 1 aliphatic rings. The summed E-state index contributed by atoms with van der Waals surface area (Å²) in [6.45, 7) is 9.82. The number of ether oxygens (including phenoxy) is 2. The first kappa shape index (κ1) is 14.9. The monoisotopic (exact) mass is 244 g/mol. The maximum atomic E-state index is 6.07. The van der Waals surface area contributed by atoms with E-state index in [1.807, 2.05) is 0 Å². The second-order valence-corrected chi connectivity index (χ2v) is 5.15. The fraction of sp³-hybridized carbons (Fsp3) is 1.00. The topological polar surface area (TPSA) is 47.7 Å². The summed E-state index contributed by atoms with van der Waals surface area (Å²) in [6, 6.07) is 0.402. The SMILES string of the molecule is CCN(C(C)COC)C1(CN)CCOC(C)C1. The maximum absolute atomic E-state index is 6.07. The van der Waals surface area contributed by atoms with Gasteiger partial charge in [0.15, 0.2) is 0 Å². The van der Waals surface area contributed by atoms with Gasteiger partial charge in [0.25, 0.3) is 0 Å². The normalized spacial score (nSPS) is 31.8. The zero-order chi connectivity index (χ0) is 12.9. The predicted molar refractivity (Wildman–Crippen MR) is 70.2 cm³/mol. The van der Waals surface area contributed by atoms with Crippen LogP contribution in [0.25, 0.3) is 0 Å². The summed E-state index contributed by atoms with van der Waals surface area (Å²) in [5.74, 6) is 0. The highest BCUT2D eigenvalue weighted by atomic mass is 16.5. The number of hydrogen-bond donors (Lipinski definition) is 1. The lowest BCUT2D eigenvalue weighted by Gasteiger charge is -2.49. The van der Waals surface area contributed by atoms with Gasteiger partial charge in [0.2, 0.25) is 0 Å². The van der Waals surface area contributed by atoms with Crippen molar-refractivity contribution in [1.29, 1.82) is 0 Å². The van der Waals surface area contributed by atoms with Crippen LogP contribution in [0.4, 0.5) is 0 Å². The van der Waals surface area contributed by atoms with Crippen molar-refractivity contribution >= 4 is 0 Å². The van der Waals surface area contributed by atoms with Gasteiger partial charge in [-0.25, -0.2) is 0 Å². The van der Waals surface area contributed by atoms with Crippen LogP contribution in [0.2, 0.25) is 0 Å². The highest BCUT2D eigenvalue weighted by Gasteiger charge is 2.40. The van der Waals surface area contributed by atoms with E-state index in [4.69, 9.17) is 15.2 Å². The van der Waals surface area contributed by atoms with E-state index in [0.29, 0.717) is 18.7 Å². The highest BCUT2D eigenvalue weighted by molar-refractivity contribution is 4.97. The summed E-state index contributed by atoms with van der Waals surface area (Å²) in [5, 5.41) is 0. The first-order chi connectivity index (χ1) is 8.09. The molecule has 1 fully saturated rings. The minimum Gasteiger partial charge on any atom is -0.383 e. The molecule has 0 aromatic heterocycles. The minimum absolute atomic E-state index is 0.0877. The molecule has 0 aromatic carbocycles. The van der Waals surface area contributed by atoms with Crippen molar-refractivity contribution < 1.29 is 9.47 Å². The van der Waals surface area contributed by atoms with Crippen molar-refractivity contribution in [2.24, 2.45) is 5.73 Å². The first-order valence-electron chi connectivity index (χ1n) is 6.67. The molecule has 1 rings (SSSR count). The summed E-state index contributed by atoms with van der Waals surface area (Å²) in [7, 11) is 1.76. The van der Waals surface area contributed by atoms with Crippen LogP contribution in [0.3, 0.4) is 0 Å². The third-order valence-corrected chi connectivity index (χ3v) is 3.91. The van der Waals surface area contributed by atoms with Crippen LogP contribution < -0.4 is 5.73 Å². The summed E-state index contributed by atoms with van der Waals surface area (Å²) in [5.41, 5.74) is 6.16. The lowest BCUT2D eigenvalue weighted by Crippen LogP contribution is -2.61. The molecule has 0 bridgehead atoms. The Balaban J connectivity index is 2.80. The number of rotatable bonds is 6. The summed E-state index contributed by atoms with van der Waals surface area (Å²) < 4.78 is 10.9. The molecular weight excluding hydrogens is 216 g/mol. The molecular formula is C13H28N2O2. The predicted octanol–water partition coefficient (Wildman–Crippen LogP) is 1.24. The van der Waals surface area contributed by atoms with Crippen molar-refractivity contribution in [3.63, 3.8) is 0 Å². The average Bonchev–Trinajstić information content (AvgIpc) is 2.30. The third kappa shape index (κ3) is 3.41. The van der Waals surface area contributed by atoms with Crippen LogP contribution in [-0.4, -0.2) is 56.0 Å². The number of nitrogens with zero attached hydrogens (tertiary/aromatic N) is 1. The Labute approximate surface area is 105 Å². The van der Waals surface area contributed by atoms with Gasteiger partial charge in [-0.15, -0.1) is 0 Å². The molecule has 3 unspecified atom stereocenters. The highest BCUT2D eigenvalue weighted by Crippen LogP contribution is 2.31. The van der Waals surface area contributed by atoms with Crippen molar-refractivity contribution in [2.75, 3.05) is 33.4 Å². The van der Waals surface area contributed by atoms with Crippen LogP contribution in [0.5, 0.6) is 0 Å². The first-order valence-corrected chi connectivity index (χ1v) is 6.67. The molecule has 0 aromatic rings. The smallest absolute Gasteiger partial charge is 0.0615 e. The average molecular weight is 244 g/mol. The number of likely N-dealkylation sites (N-methyl/N-ethyl adjacent to an activating group) is 1. The zero-order valence-electron chi connectivity index (χ0n) is 11.7. The van der Waals surface area contributed by atoms with E-state index in [-0.39, 0.29) is 5.54 Å². The molecule has 17 heavy (non-hydrogen) atoms. The summed E-state index contributed by atoms with van der Waals surface area (Å²) >= 11 is 0.